The summed E-state index contributed by atoms with van der Waals surface area (Å²) >= 11 is 4.62. The number of benzene rings is 1. The van der Waals surface area contributed by atoms with Gasteiger partial charge in [0.1, 0.15) is 0 Å². The van der Waals surface area contributed by atoms with Gasteiger partial charge in [0, 0.05) is 11.3 Å². The summed E-state index contributed by atoms with van der Waals surface area (Å²) in [6.45, 7) is 1.47. The van der Waals surface area contributed by atoms with Gasteiger partial charge in [0.2, 0.25) is 5.91 Å². The Morgan fingerprint density at radius 1 is 1.44 bits per heavy atom. The number of amides is 1. The van der Waals surface area contributed by atoms with E-state index in [4.69, 9.17) is 5.73 Å². The molecule has 1 rings (SSSR count). The molecule has 1 amide bonds. The molecular weight excluding hydrogens is 224 g/mol. The molecule has 3 N–H and O–H groups in total. The summed E-state index contributed by atoms with van der Waals surface area (Å²) < 4.78 is 0. The molecule has 0 atom stereocenters. The van der Waals surface area contributed by atoms with Crippen molar-refractivity contribution < 1.29 is 9.59 Å². The van der Waals surface area contributed by atoms with E-state index in [-0.39, 0.29) is 23.1 Å². The van der Waals surface area contributed by atoms with Gasteiger partial charge < -0.3 is 11.1 Å². The van der Waals surface area contributed by atoms with E-state index in [1.165, 1.54) is 6.92 Å². The number of rotatable bonds is 4. The van der Waals surface area contributed by atoms with E-state index >= 15 is 0 Å². The largest absolute Gasteiger partial charge is 0.393 e. The monoisotopic (exact) mass is 236 g/mol. The van der Waals surface area contributed by atoms with Crippen LogP contribution in [0.4, 0.5) is 5.69 Å². The third kappa shape index (κ3) is 3.78. The average Bonchev–Trinajstić information content (AvgIpc) is 2.16. The molecule has 0 bridgehead atoms. The molecule has 0 aliphatic heterocycles. The summed E-state index contributed by atoms with van der Waals surface area (Å²) in [5.74, 6) is -0.335. The summed E-state index contributed by atoms with van der Waals surface area (Å²) in [7, 11) is 0. The molecule has 0 heterocycles. The van der Waals surface area contributed by atoms with Crippen LogP contribution >= 0.6 is 12.2 Å². The number of carbonyl (C=O) groups is 2. The maximum Gasteiger partial charge on any atom is 0.231 e. The second-order valence-corrected chi connectivity index (χ2v) is 3.85. The molecule has 0 aromatic heterocycles. The molecule has 0 unspecified atom stereocenters. The highest BCUT2D eigenvalue weighted by molar-refractivity contribution is 7.80. The quantitative estimate of drug-likeness (QED) is 0.614. The topological polar surface area (TPSA) is 72.2 Å². The van der Waals surface area contributed by atoms with Crippen molar-refractivity contribution in [3.8, 4) is 0 Å². The molecule has 1 aromatic rings. The van der Waals surface area contributed by atoms with Crippen LogP contribution in [0.15, 0.2) is 24.3 Å². The molecule has 0 radical (unpaired) electrons. The van der Waals surface area contributed by atoms with E-state index in [1.54, 1.807) is 24.3 Å². The zero-order valence-corrected chi connectivity index (χ0v) is 9.64. The van der Waals surface area contributed by atoms with Crippen molar-refractivity contribution in [2.24, 2.45) is 5.73 Å². The molecule has 0 spiro atoms. The van der Waals surface area contributed by atoms with Crippen molar-refractivity contribution in [3.63, 3.8) is 0 Å². The Morgan fingerprint density at radius 2 is 2.12 bits per heavy atom. The van der Waals surface area contributed by atoms with Gasteiger partial charge in [-0.2, -0.15) is 0 Å². The highest BCUT2D eigenvalue weighted by atomic mass is 32.1. The van der Waals surface area contributed by atoms with Crippen LogP contribution in [0.1, 0.15) is 23.7 Å². The van der Waals surface area contributed by atoms with Gasteiger partial charge in [-0.1, -0.05) is 24.4 Å². The highest BCUT2D eigenvalue weighted by Crippen LogP contribution is 2.11. The Kier molecular flexibility index (Phi) is 4.13. The second kappa shape index (κ2) is 5.37. The number of Topliss-reactive ketones (excluding diaryl/α,β-unsaturated/α-hetero) is 1. The zero-order chi connectivity index (χ0) is 12.1. The van der Waals surface area contributed by atoms with Gasteiger partial charge in [-0.3, -0.25) is 9.59 Å². The van der Waals surface area contributed by atoms with E-state index in [2.05, 4.69) is 17.5 Å². The van der Waals surface area contributed by atoms with E-state index in [0.29, 0.717) is 11.3 Å². The molecule has 84 valence electrons. The third-order valence-corrected chi connectivity index (χ3v) is 2.03. The lowest BCUT2D eigenvalue weighted by Crippen LogP contribution is -2.20. The van der Waals surface area contributed by atoms with Crippen molar-refractivity contribution in [2.45, 2.75) is 13.3 Å². The first-order valence-electron chi connectivity index (χ1n) is 4.68. The molecule has 4 nitrogen and oxygen atoms in total. The van der Waals surface area contributed by atoms with Gasteiger partial charge in [0.25, 0.3) is 0 Å². The maximum absolute atomic E-state index is 11.3. The van der Waals surface area contributed by atoms with Crippen molar-refractivity contribution in [1.29, 1.82) is 0 Å². The van der Waals surface area contributed by atoms with E-state index in [1.807, 2.05) is 0 Å². The Bertz CT molecular complexity index is 443. The van der Waals surface area contributed by atoms with Crippen LogP contribution in [0.2, 0.25) is 0 Å². The number of ketones is 1. The molecule has 0 fully saturated rings. The van der Waals surface area contributed by atoms with Gasteiger partial charge >= 0.3 is 0 Å². The molecule has 0 aliphatic rings. The standard InChI is InChI=1S/C11H12N2O2S/c1-7(14)8-3-2-4-9(5-8)13-11(15)6-10(12)16/h2-5H,6H2,1H3,(H2,12,16)(H,13,15). The minimum atomic E-state index is -0.284. The molecule has 0 aliphatic carbocycles. The van der Waals surface area contributed by atoms with Crippen LogP contribution in [0.3, 0.4) is 0 Å². The first kappa shape index (κ1) is 12.3. The van der Waals surface area contributed by atoms with Crippen LogP contribution in [0, 0.1) is 0 Å². The van der Waals surface area contributed by atoms with Crippen molar-refractivity contribution in [2.75, 3.05) is 5.32 Å². The van der Waals surface area contributed by atoms with Gasteiger partial charge in [-0.15, -0.1) is 0 Å². The lowest BCUT2D eigenvalue weighted by molar-refractivity contribution is -0.115. The van der Waals surface area contributed by atoms with Crippen LogP contribution < -0.4 is 11.1 Å². The summed E-state index contributed by atoms with van der Waals surface area (Å²) in [5, 5.41) is 2.61. The van der Waals surface area contributed by atoms with Crippen LogP contribution in [-0.2, 0) is 4.79 Å². The molecule has 1 aromatic carbocycles. The highest BCUT2D eigenvalue weighted by Gasteiger charge is 2.05. The molecule has 5 heteroatoms. The van der Waals surface area contributed by atoms with E-state index in [0.717, 1.165) is 0 Å². The number of anilines is 1. The molecule has 16 heavy (non-hydrogen) atoms. The van der Waals surface area contributed by atoms with Crippen molar-refractivity contribution >= 4 is 34.6 Å². The fourth-order valence-corrected chi connectivity index (χ4v) is 1.31. The molecule has 0 saturated heterocycles. The average molecular weight is 236 g/mol. The lowest BCUT2D eigenvalue weighted by atomic mass is 10.1. The summed E-state index contributed by atoms with van der Waals surface area (Å²) in [6, 6.07) is 6.70. The minimum Gasteiger partial charge on any atom is -0.393 e. The first-order valence-corrected chi connectivity index (χ1v) is 5.09. The Balaban J connectivity index is 2.74. The van der Waals surface area contributed by atoms with Crippen LogP contribution in [0.25, 0.3) is 0 Å². The normalized spacial score (nSPS) is 9.56. The summed E-state index contributed by atoms with van der Waals surface area (Å²) in [4.78, 5) is 22.6. The minimum absolute atomic E-state index is 0.000365. The number of hydrogen-bond acceptors (Lipinski definition) is 3. The number of carbonyl (C=O) groups excluding carboxylic acids is 2. The van der Waals surface area contributed by atoms with Crippen LogP contribution in [0.5, 0.6) is 0 Å². The maximum atomic E-state index is 11.3. The lowest BCUT2D eigenvalue weighted by Gasteiger charge is -2.05. The number of thiocarbonyl (C=S) groups is 1. The first-order chi connectivity index (χ1) is 7.49. The van der Waals surface area contributed by atoms with E-state index < -0.39 is 0 Å². The zero-order valence-electron chi connectivity index (χ0n) is 8.82. The molecule has 0 saturated carbocycles. The fraction of sp³-hybridized carbons (Fsp3) is 0.182. The number of hydrogen-bond donors (Lipinski definition) is 2. The predicted molar refractivity (Wildman–Crippen MR) is 66.5 cm³/mol. The summed E-state index contributed by atoms with van der Waals surface area (Å²) in [5.41, 5.74) is 6.35. The van der Waals surface area contributed by atoms with Crippen molar-refractivity contribution in [3.05, 3.63) is 29.8 Å². The smallest absolute Gasteiger partial charge is 0.231 e. The number of nitrogens with two attached hydrogens (primary N) is 1. The second-order valence-electron chi connectivity index (χ2n) is 3.33. The van der Waals surface area contributed by atoms with Gasteiger partial charge in [0.05, 0.1) is 11.4 Å². The predicted octanol–water partition coefficient (Wildman–Crippen LogP) is 1.50. The third-order valence-electron chi connectivity index (χ3n) is 1.89. The van der Waals surface area contributed by atoms with Gasteiger partial charge in [-0.25, -0.2) is 0 Å². The Hall–Kier alpha value is -1.75. The molecular formula is C11H12N2O2S. The van der Waals surface area contributed by atoms with Gasteiger partial charge in [-0.05, 0) is 19.1 Å². The van der Waals surface area contributed by atoms with Crippen LogP contribution in [-0.4, -0.2) is 16.7 Å². The Labute approximate surface area is 98.8 Å². The van der Waals surface area contributed by atoms with E-state index in [9.17, 15) is 9.59 Å². The fourth-order valence-electron chi connectivity index (χ4n) is 1.18. The Morgan fingerprint density at radius 3 is 2.69 bits per heavy atom. The summed E-state index contributed by atoms with van der Waals surface area (Å²) in [6.07, 6.45) is -0.000365. The SMILES string of the molecule is CC(=O)c1cccc(NC(=O)CC(N)=S)c1. The van der Waals surface area contributed by atoms with Crippen molar-refractivity contribution in [1.82, 2.24) is 0 Å². The van der Waals surface area contributed by atoms with Gasteiger partial charge in [0.15, 0.2) is 5.78 Å². The number of nitrogens with one attached hydrogen (secondary N) is 1.